The highest BCUT2D eigenvalue weighted by Gasteiger charge is 2.38. The molecule has 0 saturated carbocycles. The smallest absolute Gasteiger partial charge is 0.308 e. The van der Waals surface area contributed by atoms with Crippen molar-refractivity contribution < 1.29 is 14.7 Å². The van der Waals surface area contributed by atoms with E-state index in [0.717, 1.165) is 5.56 Å². The first kappa shape index (κ1) is 14.5. The third-order valence-corrected chi connectivity index (χ3v) is 3.86. The van der Waals surface area contributed by atoms with Gasteiger partial charge in [0.25, 0.3) is 0 Å². The van der Waals surface area contributed by atoms with Crippen molar-refractivity contribution in [3.05, 3.63) is 35.9 Å². The Kier molecular flexibility index (Phi) is 4.39. The van der Waals surface area contributed by atoms with E-state index in [1.54, 1.807) is 4.90 Å². The minimum Gasteiger partial charge on any atom is -0.481 e. The molecular formula is C15H20N2O3. The van der Waals surface area contributed by atoms with Crippen LogP contribution in [0.25, 0.3) is 0 Å². The number of hydrogen-bond acceptors (Lipinski definition) is 3. The summed E-state index contributed by atoms with van der Waals surface area (Å²) < 4.78 is 0. The Morgan fingerprint density at radius 1 is 1.35 bits per heavy atom. The molecule has 5 heteroatoms. The highest BCUT2D eigenvalue weighted by Crippen LogP contribution is 2.23. The fourth-order valence-electron chi connectivity index (χ4n) is 2.66. The van der Waals surface area contributed by atoms with Crippen LogP contribution in [0.2, 0.25) is 0 Å². The lowest BCUT2D eigenvalue weighted by molar-refractivity contribution is -0.142. The Labute approximate surface area is 118 Å². The Hall–Kier alpha value is -1.88. The van der Waals surface area contributed by atoms with Crippen molar-refractivity contribution in [1.29, 1.82) is 0 Å². The first-order valence-electron chi connectivity index (χ1n) is 6.80. The van der Waals surface area contributed by atoms with Crippen molar-refractivity contribution >= 4 is 11.9 Å². The standard InChI is InChI=1S/C15H20N2O3/c1-10-8-17(9-12(10)15(19)20)14(18)13(16)7-11-5-3-2-4-6-11/h2-6,10,12-13H,7-9,16H2,1H3,(H,19,20). The van der Waals surface area contributed by atoms with Crippen LogP contribution in [0.4, 0.5) is 0 Å². The van der Waals surface area contributed by atoms with Crippen LogP contribution in [0.15, 0.2) is 30.3 Å². The summed E-state index contributed by atoms with van der Waals surface area (Å²) in [6.07, 6.45) is 0.474. The number of rotatable bonds is 4. The Bertz CT molecular complexity index is 489. The van der Waals surface area contributed by atoms with Crippen molar-refractivity contribution in [1.82, 2.24) is 4.90 Å². The van der Waals surface area contributed by atoms with E-state index in [-0.39, 0.29) is 18.4 Å². The lowest BCUT2D eigenvalue weighted by Crippen LogP contribution is -2.44. The zero-order valence-corrected chi connectivity index (χ0v) is 11.5. The molecule has 0 radical (unpaired) electrons. The molecule has 0 aliphatic carbocycles. The molecule has 0 bridgehead atoms. The highest BCUT2D eigenvalue weighted by molar-refractivity contribution is 5.83. The van der Waals surface area contributed by atoms with E-state index < -0.39 is 17.9 Å². The largest absolute Gasteiger partial charge is 0.481 e. The third-order valence-electron chi connectivity index (χ3n) is 3.86. The molecule has 0 spiro atoms. The highest BCUT2D eigenvalue weighted by atomic mass is 16.4. The second kappa shape index (κ2) is 6.05. The number of amides is 1. The van der Waals surface area contributed by atoms with Gasteiger partial charge in [0.05, 0.1) is 12.0 Å². The van der Waals surface area contributed by atoms with Gasteiger partial charge in [0.15, 0.2) is 0 Å². The Balaban J connectivity index is 1.96. The average molecular weight is 276 g/mol. The molecule has 1 amide bonds. The van der Waals surface area contributed by atoms with Gasteiger partial charge in [-0.25, -0.2) is 0 Å². The number of hydrogen-bond donors (Lipinski definition) is 2. The van der Waals surface area contributed by atoms with Gasteiger partial charge < -0.3 is 15.7 Å². The molecule has 2 rings (SSSR count). The first-order valence-corrected chi connectivity index (χ1v) is 6.80. The van der Waals surface area contributed by atoms with Gasteiger partial charge in [-0.3, -0.25) is 9.59 Å². The average Bonchev–Trinajstić information content (AvgIpc) is 2.81. The van der Waals surface area contributed by atoms with Crippen LogP contribution in [-0.4, -0.2) is 41.0 Å². The number of carboxylic acids is 1. The molecule has 3 unspecified atom stereocenters. The van der Waals surface area contributed by atoms with Crippen LogP contribution in [0.1, 0.15) is 12.5 Å². The maximum absolute atomic E-state index is 12.3. The van der Waals surface area contributed by atoms with Gasteiger partial charge in [-0.2, -0.15) is 0 Å². The Morgan fingerprint density at radius 2 is 2.00 bits per heavy atom. The normalized spacial score (nSPS) is 23.6. The van der Waals surface area contributed by atoms with Crippen molar-refractivity contribution in [2.75, 3.05) is 13.1 Å². The molecule has 20 heavy (non-hydrogen) atoms. The van der Waals surface area contributed by atoms with E-state index in [1.807, 2.05) is 37.3 Å². The number of carbonyl (C=O) groups excluding carboxylic acids is 1. The van der Waals surface area contributed by atoms with Gasteiger partial charge in [0.2, 0.25) is 5.91 Å². The first-order chi connectivity index (χ1) is 9.49. The molecule has 0 aromatic heterocycles. The lowest BCUT2D eigenvalue weighted by Gasteiger charge is -2.20. The SMILES string of the molecule is CC1CN(C(=O)C(N)Cc2ccccc2)CC1C(=O)O. The minimum atomic E-state index is -0.843. The maximum Gasteiger partial charge on any atom is 0.308 e. The van der Waals surface area contributed by atoms with Crippen molar-refractivity contribution in [3.63, 3.8) is 0 Å². The predicted molar refractivity (Wildman–Crippen MR) is 75.0 cm³/mol. The fourth-order valence-corrected chi connectivity index (χ4v) is 2.66. The quantitative estimate of drug-likeness (QED) is 0.849. The lowest BCUT2D eigenvalue weighted by atomic mass is 9.99. The Morgan fingerprint density at radius 3 is 2.55 bits per heavy atom. The fraction of sp³-hybridized carbons (Fsp3) is 0.467. The van der Waals surface area contributed by atoms with Crippen LogP contribution in [-0.2, 0) is 16.0 Å². The molecule has 1 heterocycles. The van der Waals surface area contributed by atoms with Gasteiger partial charge in [0, 0.05) is 13.1 Å². The van der Waals surface area contributed by atoms with E-state index in [9.17, 15) is 9.59 Å². The summed E-state index contributed by atoms with van der Waals surface area (Å²) in [7, 11) is 0. The zero-order chi connectivity index (χ0) is 14.7. The van der Waals surface area contributed by atoms with E-state index >= 15 is 0 Å². The third kappa shape index (κ3) is 3.17. The molecule has 1 aliphatic heterocycles. The maximum atomic E-state index is 12.3. The van der Waals surface area contributed by atoms with Crippen molar-refractivity contribution in [2.24, 2.45) is 17.6 Å². The van der Waals surface area contributed by atoms with Gasteiger partial charge in [-0.1, -0.05) is 37.3 Å². The topological polar surface area (TPSA) is 83.6 Å². The number of benzene rings is 1. The van der Waals surface area contributed by atoms with E-state index in [4.69, 9.17) is 10.8 Å². The second-order valence-corrected chi connectivity index (χ2v) is 5.46. The number of likely N-dealkylation sites (tertiary alicyclic amines) is 1. The van der Waals surface area contributed by atoms with Crippen molar-refractivity contribution in [2.45, 2.75) is 19.4 Å². The summed E-state index contributed by atoms with van der Waals surface area (Å²) in [5, 5.41) is 9.09. The molecule has 1 aliphatic rings. The molecule has 3 atom stereocenters. The second-order valence-electron chi connectivity index (χ2n) is 5.46. The number of nitrogens with two attached hydrogens (primary N) is 1. The summed E-state index contributed by atoms with van der Waals surface area (Å²) >= 11 is 0. The monoisotopic (exact) mass is 276 g/mol. The number of nitrogens with zero attached hydrogens (tertiary/aromatic N) is 1. The summed E-state index contributed by atoms with van der Waals surface area (Å²) in [6, 6.07) is 8.98. The van der Waals surface area contributed by atoms with Gasteiger partial charge in [-0.15, -0.1) is 0 Å². The molecule has 1 aromatic rings. The molecule has 108 valence electrons. The molecule has 1 saturated heterocycles. The summed E-state index contributed by atoms with van der Waals surface area (Å²) in [5.41, 5.74) is 6.97. The molecule has 1 aromatic carbocycles. The van der Waals surface area contributed by atoms with Crippen LogP contribution in [0.5, 0.6) is 0 Å². The van der Waals surface area contributed by atoms with E-state index in [2.05, 4.69) is 0 Å². The van der Waals surface area contributed by atoms with Gasteiger partial charge in [-0.05, 0) is 17.9 Å². The number of aliphatic carboxylic acids is 1. The van der Waals surface area contributed by atoms with Crippen LogP contribution >= 0.6 is 0 Å². The minimum absolute atomic E-state index is 0.0274. The summed E-state index contributed by atoms with van der Waals surface area (Å²) in [5.74, 6) is -1.52. The summed E-state index contributed by atoms with van der Waals surface area (Å²) in [4.78, 5) is 24.9. The number of carbonyl (C=O) groups is 2. The van der Waals surface area contributed by atoms with Crippen molar-refractivity contribution in [3.8, 4) is 0 Å². The molecule has 3 N–H and O–H groups in total. The molecule has 5 nitrogen and oxygen atoms in total. The van der Waals surface area contributed by atoms with Crippen LogP contribution in [0.3, 0.4) is 0 Å². The number of carboxylic acid groups (broad SMARTS) is 1. The van der Waals surface area contributed by atoms with Crippen LogP contribution in [0, 0.1) is 11.8 Å². The van der Waals surface area contributed by atoms with Gasteiger partial charge in [0.1, 0.15) is 0 Å². The molecular weight excluding hydrogens is 256 g/mol. The zero-order valence-electron chi connectivity index (χ0n) is 11.5. The van der Waals surface area contributed by atoms with E-state index in [1.165, 1.54) is 0 Å². The molecule has 1 fully saturated rings. The van der Waals surface area contributed by atoms with Gasteiger partial charge >= 0.3 is 5.97 Å². The summed E-state index contributed by atoms with van der Waals surface area (Å²) in [6.45, 7) is 2.59. The van der Waals surface area contributed by atoms with E-state index in [0.29, 0.717) is 13.0 Å². The predicted octanol–water partition coefficient (Wildman–Crippen LogP) is 0.735. The van der Waals surface area contributed by atoms with Crippen LogP contribution < -0.4 is 5.73 Å².